The van der Waals surface area contributed by atoms with Crippen molar-refractivity contribution in [3.05, 3.63) is 111 Å². The van der Waals surface area contributed by atoms with Crippen LogP contribution in [-0.2, 0) is 40.6 Å². The van der Waals surface area contributed by atoms with Crippen LogP contribution in [0.25, 0.3) is 32.5 Å². The highest BCUT2D eigenvalue weighted by atomic mass is 32.1. The summed E-state index contributed by atoms with van der Waals surface area (Å²) >= 11 is 1.57. The number of benzene rings is 3. The van der Waals surface area contributed by atoms with Gasteiger partial charge in [-0.3, -0.25) is 23.9 Å². The van der Waals surface area contributed by atoms with Crippen LogP contribution in [0.4, 0.5) is 24.5 Å². The highest BCUT2D eigenvalue weighted by Crippen LogP contribution is 2.46. The van der Waals surface area contributed by atoms with E-state index in [1.54, 1.807) is 59.0 Å². The van der Waals surface area contributed by atoms with Gasteiger partial charge in [0, 0.05) is 80.1 Å². The summed E-state index contributed by atoms with van der Waals surface area (Å²) < 4.78 is 53.7. The number of ether oxygens (including phenoxy) is 1. The zero-order chi connectivity index (χ0) is 53.0. The first-order valence-corrected chi connectivity index (χ1v) is 26.5. The fraction of sp³-hybridized carbons (Fsp3) is 0.464. The predicted octanol–water partition coefficient (Wildman–Crippen LogP) is 9.96. The van der Waals surface area contributed by atoms with Crippen molar-refractivity contribution in [2.24, 2.45) is 13.0 Å². The standard InChI is InChI=1S/C56H67F3N8O6S/c1-33(2)51(55(72)67-31-41(68)25-49(67)53(70)62-35(4)37-17-19-38(20-18-37)52-36(5)60-32-74-52)63-50(69)16-12-10-8-9-11-13-21-65-30-40(29-61-65)43-24-39-15-14-22-66(46(39)28-45(43)56(57,58)59)48-27-42(73-7)26-47-44(48)23-34(3)54(71)64(47)6/h17-20,23-24,26-30,32-33,35,41,49,51,68H,8-16,21-22,25,31H2,1-7H3,(H,62,70)(H,63,69)/t35-,41+,49-,51-/m0/s1. The number of fused-ring (bicyclic) bond motifs is 2. The minimum absolute atomic E-state index is 0.00149. The number of rotatable bonds is 19. The summed E-state index contributed by atoms with van der Waals surface area (Å²) in [5, 5.41) is 21.8. The van der Waals surface area contributed by atoms with Gasteiger partial charge in [0.1, 0.15) is 17.8 Å². The number of amides is 3. The van der Waals surface area contributed by atoms with Crippen LogP contribution in [0.5, 0.6) is 5.75 Å². The molecule has 4 atom stereocenters. The number of hydrogen-bond acceptors (Lipinski definition) is 10. The number of hydrogen-bond donors (Lipinski definition) is 3. The topological polar surface area (TPSA) is 164 Å². The van der Waals surface area contributed by atoms with Crippen LogP contribution < -0.4 is 25.8 Å². The second kappa shape index (κ2) is 22.9. The second-order valence-corrected chi connectivity index (χ2v) is 21.1. The third kappa shape index (κ3) is 11.9. The van der Waals surface area contributed by atoms with Gasteiger partial charge in [-0.25, -0.2) is 4.98 Å². The lowest BCUT2D eigenvalue weighted by Gasteiger charge is -2.34. The van der Waals surface area contributed by atoms with Crippen molar-refractivity contribution in [3.8, 4) is 27.3 Å². The van der Waals surface area contributed by atoms with Gasteiger partial charge in [0.25, 0.3) is 5.56 Å². The number of nitrogens with zero attached hydrogens (tertiary/aromatic N) is 6. The van der Waals surface area contributed by atoms with Crippen LogP contribution in [0.2, 0.25) is 0 Å². The van der Waals surface area contributed by atoms with Gasteiger partial charge in [-0.05, 0) is 92.8 Å². The van der Waals surface area contributed by atoms with Crippen molar-refractivity contribution in [1.29, 1.82) is 0 Å². The molecule has 3 amide bonds. The lowest BCUT2D eigenvalue weighted by atomic mass is 9.92. The number of methoxy groups -OCH3 is 1. The number of nitrogens with one attached hydrogen (secondary N) is 2. The van der Waals surface area contributed by atoms with E-state index in [1.807, 2.05) is 68.4 Å². The first kappa shape index (κ1) is 53.8. The number of alkyl halides is 3. The SMILES string of the molecule is COc1cc(N2CCCc3cc(-c4cnn(CCCCCCCCC(=O)N[C@H](C(=O)N5C[C@H](O)C[C@H]5C(=O)N[C@@H](C)c5ccc(-c6scnc6C)cc5)C(C)C)c4)c(C(F)(F)F)cc32)c2cc(C)c(=O)n(C)c2c1. The number of aliphatic hydroxyl groups excluding tert-OH is 1. The number of carbonyl (C=O) groups is 3. The summed E-state index contributed by atoms with van der Waals surface area (Å²) in [7, 11) is 3.20. The van der Waals surface area contributed by atoms with E-state index < -0.39 is 35.8 Å². The molecular weight excluding hydrogens is 970 g/mol. The minimum Gasteiger partial charge on any atom is -0.497 e. The molecule has 3 N–H and O–H groups in total. The van der Waals surface area contributed by atoms with Gasteiger partial charge in [-0.2, -0.15) is 18.3 Å². The van der Waals surface area contributed by atoms with E-state index >= 15 is 0 Å². The Bertz CT molecular complexity index is 3060. The number of β-amino-alcohol motifs (C(OH)–C–C–N with tert-alkyl or cyclic N) is 1. The second-order valence-electron chi connectivity index (χ2n) is 20.2. The Labute approximate surface area is 433 Å². The highest BCUT2D eigenvalue weighted by molar-refractivity contribution is 7.13. The average molecular weight is 1040 g/mol. The maximum Gasteiger partial charge on any atom is 0.417 e. The number of thiazole rings is 1. The number of halogens is 3. The van der Waals surface area contributed by atoms with Gasteiger partial charge in [-0.15, -0.1) is 11.3 Å². The van der Waals surface area contributed by atoms with E-state index in [0.29, 0.717) is 66.1 Å². The summed E-state index contributed by atoms with van der Waals surface area (Å²) in [6.07, 6.45) is 4.17. The van der Waals surface area contributed by atoms with Crippen LogP contribution >= 0.6 is 11.3 Å². The number of anilines is 2. The summed E-state index contributed by atoms with van der Waals surface area (Å²) in [5.74, 6) is -0.772. The van der Waals surface area contributed by atoms with Crippen molar-refractivity contribution in [2.45, 2.75) is 136 Å². The van der Waals surface area contributed by atoms with Crippen LogP contribution in [-0.4, -0.2) is 85.4 Å². The third-order valence-corrected chi connectivity index (χ3v) is 15.5. The van der Waals surface area contributed by atoms with E-state index in [4.69, 9.17) is 4.74 Å². The van der Waals surface area contributed by atoms with Crippen molar-refractivity contribution < 1.29 is 37.4 Å². The Hall–Kier alpha value is -6.53. The molecule has 394 valence electrons. The normalized spacial score (nSPS) is 16.6. The van der Waals surface area contributed by atoms with Gasteiger partial charge in [0.15, 0.2) is 0 Å². The Morgan fingerprint density at radius 1 is 0.932 bits per heavy atom. The van der Waals surface area contributed by atoms with Gasteiger partial charge in [0.05, 0.1) is 58.3 Å². The lowest BCUT2D eigenvalue weighted by Crippen LogP contribution is -2.55. The molecule has 0 spiro atoms. The van der Waals surface area contributed by atoms with Crippen LogP contribution in [0.3, 0.4) is 0 Å². The number of aromatic nitrogens is 4. The fourth-order valence-corrected chi connectivity index (χ4v) is 11.2. The molecule has 5 heterocycles. The molecule has 2 aliphatic rings. The molecule has 2 aliphatic heterocycles. The zero-order valence-corrected chi connectivity index (χ0v) is 44.0. The molecule has 14 nitrogen and oxygen atoms in total. The highest BCUT2D eigenvalue weighted by Gasteiger charge is 2.43. The molecule has 1 saturated heterocycles. The molecule has 6 aromatic rings. The van der Waals surface area contributed by atoms with E-state index in [9.17, 15) is 37.5 Å². The van der Waals surface area contributed by atoms with Gasteiger partial charge < -0.3 is 34.8 Å². The number of pyridine rings is 1. The molecular formula is C56H67F3N8O6S. The maximum atomic E-state index is 15.0. The summed E-state index contributed by atoms with van der Waals surface area (Å²) in [5.41, 5.74) is 7.38. The Morgan fingerprint density at radius 2 is 1.66 bits per heavy atom. The monoisotopic (exact) mass is 1040 g/mol. The van der Waals surface area contributed by atoms with Crippen molar-refractivity contribution >= 4 is 51.3 Å². The van der Waals surface area contributed by atoms with E-state index in [0.717, 1.165) is 64.8 Å². The molecule has 18 heteroatoms. The maximum absolute atomic E-state index is 15.0. The van der Waals surface area contributed by atoms with Crippen LogP contribution in [0.1, 0.15) is 113 Å². The Balaban J connectivity index is 0.805. The Kier molecular flexibility index (Phi) is 16.7. The number of aryl methyl sites for hydroxylation is 5. The predicted molar refractivity (Wildman–Crippen MR) is 283 cm³/mol. The van der Waals surface area contributed by atoms with Gasteiger partial charge in [-0.1, -0.05) is 63.8 Å². The molecule has 0 saturated carbocycles. The zero-order valence-electron chi connectivity index (χ0n) is 43.2. The number of likely N-dealkylation sites (tertiary alicyclic amines) is 1. The van der Waals surface area contributed by atoms with E-state index in [-0.39, 0.29) is 54.3 Å². The lowest BCUT2D eigenvalue weighted by molar-refractivity contribution is -0.142. The summed E-state index contributed by atoms with van der Waals surface area (Å²) in [4.78, 5) is 62.3. The first-order chi connectivity index (χ1) is 35.3. The number of unbranched alkanes of at least 4 members (excludes halogenated alkanes) is 5. The Morgan fingerprint density at radius 3 is 2.35 bits per heavy atom. The quantitative estimate of drug-likeness (QED) is 0.0670. The van der Waals surface area contributed by atoms with E-state index in [1.165, 1.54) is 24.3 Å². The third-order valence-electron chi connectivity index (χ3n) is 14.5. The molecule has 0 radical (unpaired) electrons. The molecule has 74 heavy (non-hydrogen) atoms. The average Bonchev–Trinajstić information content (AvgIpc) is 4.14. The molecule has 3 aromatic heterocycles. The van der Waals surface area contributed by atoms with Crippen molar-refractivity contribution in [2.75, 3.05) is 25.1 Å². The first-order valence-electron chi connectivity index (χ1n) is 25.6. The molecule has 0 bridgehead atoms. The van der Waals surface area contributed by atoms with Crippen LogP contribution in [0, 0.1) is 19.8 Å². The molecule has 0 aliphatic carbocycles. The smallest absolute Gasteiger partial charge is 0.417 e. The van der Waals surface area contributed by atoms with Gasteiger partial charge >= 0.3 is 6.18 Å². The molecule has 1 fully saturated rings. The minimum atomic E-state index is -4.64. The molecule has 8 rings (SSSR count). The number of carbonyl (C=O) groups excluding carboxylic acids is 3. The van der Waals surface area contributed by atoms with Gasteiger partial charge in [0.2, 0.25) is 17.7 Å². The molecule has 3 aromatic carbocycles. The van der Waals surface area contributed by atoms with E-state index in [2.05, 4.69) is 20.7 Å². The summed E-state index contributed by atoms with van der Waals surface area (Å²) in [6, 6.07) is 14.1. The summed E-state index contributed by atoms with van der Waals surface area (Å²) in [6.45, 7) is 10.3. The van der Waals surface area contributed by atoms with Crippen molar-refractivity contribution in [1.82, 2.24) is 34.9 Å². The largest absolute Gasteiger partial charge is 0.497 e. The fourth-order valence-electron chi connectivity index (χ4n) is 10.4. The van der Waals surface area contributed by atoms with Crippen molar-refractivity contribution in [3.63, 3.8) is 0 Å². The molecule has 0 unspecified atom stereocenters. The van der Waals surface area contributed by atoms with Crippen LogP contribution in [0.15, 0.2) is 77.3 Å². The number of aliphatic hydroxyl groups is 1.